The number of hydrogen-bond acceptors (Lipinski definition) is 4. The fourth-order valence-corrected chi connectivity index (χ4v) is 2.35. The minimum absolute atomic E-state index is 0.224. The van der Waals surface area contributed by atoms with Crippen molar-refractivity contribution in [2.75, 3.05) is 17.2 Å². The number of carbonyl (C=O) groups is 1. The fraction of sp³-hybridized carbons (Fsp3) is 0.500. The molecule has 4 N–H and O–H groups in total. The first-order valence-corrected chi connectivity index (χ1v) is 5.93. The number of nitrogens with zero attached hydrogens (tertiary/aromatic N) is 2. The maximum Gasteiger partial charge on any atom is 0.237 e. The molecule has 92 valence electrons. The van der Waals surface area contributed by atoms with Crippen LogP contribution in [0.2, 0.25) is 0 Å². The molecule has 17 heavy (non-hydrogen) atoms. The topological polar surface area (TPSA) is 85.2 Å². The van der Waals surface area contributed by atoms with Crippen LogP contribution in [0, 0.1) is 0 Å². The van der Waals surface area contributed by atoms with Crippen LogP contribution in [0.1, 0.15) is 25.7 Å². The third-order valence-corrected chi connectivity index (χ3v) is 3.16. The Morgan fingerprint density at radius 1 is 1.41 bits per heavy atom. The second-order valence-corrected chi connectivity index (χ2v) is 4.48. The van der Waals surface area contributed by atoms with Crippen molar-refractivity contribution >= 4 is 17.4 Å². The summed E-state index contributed by atoms with van der Waals surface area (Å²) in [4.78, 5) is 17.4. The molecular formula is C12H18N4O. The standard InChI is InChI=1S/C12H18N4O/c13-9-5-6-12(15-7-9)16(8-11(14)17)10-3-1-2-4-10/h5-7,10H,1-4,8,13H2,(H2,14,17). The molecule has 1 aromatic rings. The smallest absolute Gasteiger partial charge is 0.237 e. The van der Waals surface area contributed by atoms with Crippen LogP contribution in [0.25, 0.3) is 0 Å². The highest BCUT2D eigenvalue weighted by Crippen LogP contribution is 2.27. The van der Waals surface area contributed by atoms with Crippen LogP contribution in [0.15, 0.2) is 18.3 Å². The van der Waals surface area contributed by atoms with Gasteiger partial charge in [0, 0.05) is 6.04 Å². The zero-order chi connectivity index (χ0) is 12.3. The molecule has 0 bridgehead atoms. The van der Waals surface area contributed by atoms with Crippen molar-refractivity contribution in [2.24, 2.45) is 5.73 Å². The monoisotopic (exact) mass is 234 g/mol. The summed E-state index contributed by atoms with van der Waals surface area (Å²) in [5.74, 6) is 0.459. The molecule has 0 atom stereocenters. The number of amides is 1. The highest BCUT2D eigenvalue weighted by Gasteiger charge is 2.24. The van der Waals surface area contributed by atoms with Gasteiger partial charge < -0.3 is 16.4 Å². The predicted octanol–water partition coefficient (Wildman–Crippen LogP) is 0.898. The van der Waals surface area contributed by atoms with Crippen molar-refractivity contribution < 1.29 is 4.79 Å². The first-order chi connectivity index (χ1) is 8.16. The first-order valence-electron chi connectivity index (χ1n) is 5.93. The predicted molar refractivity (Wildman–Crippen MR) is 67.4 cm³/mol. The van der Waals surface area contributed by atoms with Crippen molar-refractivity contribution in [1.29, 1.82) is 0 Å². The Balaban J connectivity index is 2.19. The number of carbonyl (C=O) groups excluding carboxylic acids is 1. The molecule has 1 saturated carbocycles. The summed E-state index contributed by atoms with van der Waals surface area (Å²) in [5.41, 5.74) is 11.5. The van der Waals surface area contributed by atoms with E-state index in [0.29, 0.717) is 11.7 Å². The number of primary amides is 1. The van der Waals surface area contributed by atoms with Gasteiger partial charge in [0.25, 0.3) is 0 Å². The Bertz CT molecular complexity index is 384. The third kappa shape index (κ3) is 2.87. The molecule has 1 aliphatic rings. The van der Waals surface area contributed by atoms with Gasteiger partial charge in [0.15, 0.2) is 0 Å². The van der Waals surface area contributed by atoms with Gasteiger partial charge in [-0.15, -0.1) is 0 Å². The first kappa shape index (κ1) is 11.7. The number of anilines is 2. The van der Waals surface area contributed by atoms with Crippen molar-refractivity contribution in [3.05, 3.63) is 18.3 Å². The lowest BCUT2D eigenvalue weighted by atomic mass is 10.2. The van der Waals surface area contributed by atoms with Crippen molar-refractivity contribution in [2.45, 2.75) is 31.7 Å². The summed E-state index contributed by atoms with van der Waals surface area (Å²) < 4.78 is 0. The van der Waals surface area contributed by atoms with Gasteiger partial charge in [-0.25, -0.2) is 4.98 Å². The summed E-state index contributed by atoms with van der Waals surface area (Å²) in [5, 5.41) is 0. The number of pyridine rings is 1. The van der Waals surface area contributed by atoms with E-state index >= 15 is 0 Å². The molecule has 2 rings (SSSR count). The second-order valence-electron chi connectivity index (χ2n) is 4.48. The maximum absolute atomic E-state index is 11.1. The molecule has 1 aromatic heterocycles. The summed E-state index contributed by atoms with van der Waals surface area (Å²) in [7, 11) is 0. The lowest BCUT2D eigenvalue weighted by Gasteiger charge is -2.28. The fourth-order valence-electron chi connectivity index (χ4n) is 2.35. The van der Waals surface area contributed by atoms with E-state index in [9.17, 15) is 4.79 Å². The lowest BCUT2D eigenvalue weighted by Crippen LogP contribution is -2.40. The average Bonchev–Trinajstić information content (AvgIpc) is 2.80. The number of aromatic nitrogens is 1. The Morgan fingerprint density at radius 3 is 2.65 bits per heavy atom. The van der Waals surface area contributed by atoms with Gasteiger partial charge in [0.1, 0.15) is 5.82 Å². The minimum atomic E-state index is -0.324. The van der Waals surface area contributed by atoms with Crippen molar-refractivity contribution in [3.8, 4) is 0 Å². The molecule has 0 spiro atoms. The molecule has 1 aliphatic carbocycles. The van der Waals surface area contributed by atoms with Gasteiger partial charge in [-0.2, -0.15) is 0 Å². The van der Waals surface area contributed by atoms with Crippen molar-refractivity contribution in [3.63, 3.8) is 0 Å². The van der Waals surface area contributed by atoms with Crippen LogP contribution in [0.4, 0.5) is 11.5 Å². The normalized spacial score (nSPS) is 16.0. The van der Waals surface area contributed by atoms with Gasteiger partial charge in [0.2, 0.25) is 5.91 Å². The van der Waals surface area contributed by atoms with Crippen LogP contribution in [-0.4, -0.2) is 23.5 Å². The molecule has 1 fully saturated rings. The van der Waals surface area contributed by atoms with Gasteiger partial charge in [0.05, 0.1) is 18.4 Å². The Hall–Kier alpha value is -1.78. The SMILES string of the molecule is NC(=O)CN(c1ccc(N)cn1)C1CCCC1. The van der Waals surface area contributed by atoms with E-state index in [-0.39, 0.29) is 12.5 Å². The Labute approximate surface area is 101 Å². The van der Waals surface area contributed by atoms with E-state index in [0.717, 1.165) is 18.7 Å². The molecule has 1 amide bonds. The highest BCUT2D eigenvalue weighted by molar-refractivity contribution is 5.79. The zero-order valence-electron chi connectivity index (χ0n) is 9.80. The van der Waals surface area contributed by atoms with E-state index in [1.807, 2.05) is 11.0 Å². The van der Waals surface area contributed by atoms with Gasteiger partial charge in [-0.05, 0) is 25.0 Å². The summed E-state index contributed by atoms with van der Waals surface area (Å²) in [6.45, 7) is 0.224. The number of nitrogens with two attached hydrogens (primary N) is 2. The van der Waals surface area contributed by atoms with E-state index in [1.54, 1.807) is 12.3 Å². The zero-order valence-corrected chi connectivity index (χ0v) is 9.80. The minimum Gasteiger partial charge on any atom is -0.397 e. The largest absolute Gasteiger partial charge is 0.397 e. The second kappa shape index (κ2) is 5.03. The van der Waals surface area contributed by atoms with Crippen LogP contribution < -0.4 is 16.4 Å². The summed E-state index contributed by atoms with van der Waals surface area (Å²) >= 11 is 0. The van der Waals surface area contributed by atoms with E-state index in [2.05, 4.69) is 4.98 Å². The molecule has 0 aromatic carbocycles. The number of hydrogen-bond donors (Lipinski definition) is 2. The molecule has 5 heteroatoms. The Kier molecular flexibility index (Phi) is 3.46. The van der Waals surface area contributed by atoms with Crippen LogP contribution in [-0.2, 0) is 4.79 Å². The van der Waals surface area contributed by atoms with E-state index < -0.39 is 0 Å². The van der Waals surface area contributed by atoms with Gasteiger partial charge in [-0.1, -0.05) is 12.8 Å². The molecular weight excluding hydrogens is 216 g/mol. The molecule has 1 heterocycles. The van der Waals surface area contributed by atoms with Gasteiger partial charge in [-0.3, -0.25) is 4.79 Å². The number of rotatable bonds is 4. The molecule has 5 nitrogen and oxygen atoms in total. The molecule has 0 saturated heterocycles. The molecule has 0 radical (unpaired) electrons. The van der Waals surface area contributed by atoms with Gasteiger partial charge >= 0.3 is 0 Å². The van der Waals surface area contributed by atoms with E-state index in [4.69, 9.17) is 11.5 Å². The highest BCUT2D eigenvalue weighted by atomic mass is 16.1. The Morgan fingerprint density at radius 2 is 2.12 bits per heavy atom. The van der Waals surface area contributed by atoms with E-state index in [1.165, 1.54) is 12.8 Å². The quantitative estimate of drug-likeness (QED) is 0.810. The molecule has 0 unspecified atom stereocenters. The van der Waals surface area contributed by atoms with Crippen molar-refractivity contribution in [1.82, 2.24) is 4.98 Å². The average molecular weight is 234 g/mol. The summed E-state index contributed by atoms with van der Waals surface area (Å²) in [6.07, 6.45) is 6.21. The third-order valence-electron chi connectivity index (χ3n) is 3.16. The maximum atomic E-state index is 11.1. The molecule has 0 aliphatic heterocycles. The van der Waals surface area contributed by atoms with Crippen LogP contribution in [0.3, 0.4) is 0 Å². The van der Waals surface area contributed by atoms with Crippen LogP contribution in [0.5, 0.6) is 0 Å². The van der Waals surface area contributed by atoms with Crippen LogP contribution >= 0.6 is 0 Å². The number of nitrogen functional groups attached to an aromatic ring is 1. The lowest BCUT2D eigenvalue weighted by molar-refractivity contribution is -0.116. The summed E-state index contributed by atoms with van der Waals surface area (Å²) in [6, 6.07) is 4.01.